The molecule has 0 spiro atoms. The van der Waals surface area contributed by atoms with Gasteiger partial charge in [-0.3, -0.25) is 0 Å². The average Bonchev–Trinajstić information content (AvgIpc) is 2.88. The Morgan fingerprint density at radius 3 is 2.50 bits per heavy atom. The lowest BCUT2D eigenvalue weighted by Gasteiger charge is -2.18. The molecule has 0 fully saturated rings. The fourth-order valence-electron chi connectivity index (χ4n) is 3.32. The molecule has 0 aromatic heterocycles. The van der Waals surface area contributed by atoms with Gasteiger partial charge in [-0.1, -0.05) is 60.7 Å². The molecule has 0 radical (unpaired) electrons. The molecule has 0 amide bonds. The van der Waals surface area contributed by atoms with Gasteiger partial charge in [-0.25, -0.2) is 0 Å². The molecule has 0 unspecified atom stereocenters. The van der Waals surface area contributed by atoms with Gasteiger partial charge < -0.3 is 4.90 Å². The third-order valence-corrected chi connectivity index (χ3v) is 4.30. The van der Waals surface area contributed by atoms with E-state index in [1.54, 1.807) is 0 Å². The SMILES string of the molecule is CN1CCc2cccc(-c3cccc4ccccc34)c21. The summed E-state index contributed by atoms with van der Waals surface area (Å²) >= 11 is 0. The summed E-state index contributed by atoms with van der Waals surface area (Å²) in [6.45, 7) is 1.12. The number of benzene rings is 3. The summed E-state index contributed by atoms with van der Waals surface area (Å²) in [4.78, 5) is 2.38. The smallest absolute Gasteiger partial charge is 0.0476 e. The Hall–Kier alpha value is -2.28. The quantitative estimate of drug-likeness (QED) is 0.622. The van der Waals surface area contributed by atoms with E-state index in [0.29, 0.717) is 0 Å². The molecule has 98 valence electrons. The van der Waals surface area contributed by atoms with E-state index in [2.05, 4.69) is 72.6 Å². The zero-order valence-electron chi connectivity index (χ0n) is 11.6. The molecule has 3 aromatic carbocycles. The molecule has 0 bridgehead atoms. The summed E-state index contributed by atoms with van der Waals surface area (Å²) < 4.78 is 0. The van der Waals surface area contributed by atoms with E-state index in [-0.39, 0.29) is 0 Å². The van der Waals surface area contributed by atoms with Crippen molar-refractivity contribution in [3.8, 4) is 11.1 Å². The number of fused-ring (bicyclic) bond motifs is 2. The Labute approximate surface area is 119 Å². The molecule has 1 heteroatoms. The Morgan fingerprint density at radius 1 is 0.800 bits per heavy atom. The van der Waals surface area contributed by atoms with Gasteiger partial charge in [-0.15, -0.1) is 0 Å². The third-order valence-electron chi connectivity index (χ3n) is 4.30. The molecule has 20 heavy (non-hydrogen) atoms. The third kappa shape index (κ3) is 1.63. The summed E-state index contributed by atoms with van der Waals surface area (Å²) in [7, 11) is 2.19. The van der Waals surface area contributed by atoms with Crippen LogP contribution in [0.4, 0.5) is 5.69 Å². The zero-order valence-corrected chi connectivity index (χ0v) is 11.6. The van der Waals surface area contributed by atoms with Crippen molar-refractivity contribution in [1.29, 1.82) is 0 Å². The maximum atomic E-state index is 2.38. The minimum atomic E-state index is 1.12. The van der Waals surface area contributed by atoms with Crippen molar-refractivity contribution in [2.75, 3.05) is 18.5 Å². The van der Waals surface area contributed by atoms with Gasteiger partial charge in [0.15, 0.2) is 0 Å². The highest BCUT2D eigenvalue weighted by molar-refractivity contribution is 6.00. The van der Waals surface area contributed by atoms with Crippen molar-refractivity contribution in [1.82, 2.24) is 0 Å². The lowest BCUT2D eigenvalue weighted by molar-refractivity contribution is 0.956. The van der Waals surface area contributed by atoms with Crippen LogP contribution >= 0.6 is 0 Å². The van der Waals surface area contributed by atoms with E-state index in [1.165, 1.54) is 33.2 Å². The number of nitrogens with zero attached hydrogens (tertiary/aromatic N) is 1. The van der Waals surface area contributed by atoms with Gasteiger partial charge in [-0.2, -0.15) is 0 Å². The van der Waals surface area contributed by atoms with Crippen LogP contribution in [-0.2, 0) is 6.42 Å². The van der Waals surface area contributed by atoms with Crippen molar-refractivity contribution in [2.24, 2.45) is 0 Å². The minimum absolute atomic E-state index is 1.12. The highest BCUT2D eigenvalue weighted by Crippen LogP contribution is 2.39. The number of para-hydroxylation sites is 1. The number of hydrogen-bond acceptors (Lipinski definition) is 1. The maximum absolute atomic E-state index is 2.38. The fraction of sp³-hybridized carbons (Fsp3) is 0.158. The van der Waals surface area contributed by atoms with Crippen molar-refractivity contribution in [3.05, 3.63) is 66.2 Å². The minimum Gasteiger partial charge on any atom is -0.374 e. The van der Waals surface area contributed by atoms with Crippen LogP contribution in [0.15, 0.2) is 60.7 Å². The molecule has 0 atom stereocenters. The standard InChI is InChI=1S/C19H17N/c1-20-13-12-15-8-5-11-18(19(15)20)17-10-4-7-14-6-2-3-9-16(14)17/h2-11H,12-13H2,1H3. The lowest BCUT2D eigenvalue weighted by atomic mass is 9.95. The summed E-state index contributed by atoms with van der Waals surface area (Å²) in [5.74, 6) is 0. The molecule has 0 saturated heterocycles. The monoisotopic (exact) mass is 259 g/mol. The lowest BCUT2D eigenvalue weighted by Crippen LogP contribution is -2.13. The van der Waals surface area contributed by atoms with E-state index in [1.807, 2.05) is 0 Å². The molecular weight excluding hydrogens is 242 g/mol. The second kappa shape index (κ2) is 4.38. The van der Waals surface area contributed by atoms with Crippen LogP contribution in [0, 0.1) is 0 Å². The maximum Gasteiger partial charge on any atom is 0.0476 e. The molecule has 0 N–H and O–H groups in total. The molecule has 4 rings (SSSR count). The van der Waals surface area contributed by atoms with Gasteiger partial charge in [0.05, 0.1) is 0 Å². The molecular formula is C19H17N. The first kappa shape index (κ1) is 11.5. The fourth-order valence-corrected chi connectivity index (χ4v) is 3.32. The van der Waals surface area contributed by atoms with Gasteiger partial charge in [0, 0.05) is 24.8 Å². The Bertz CT molecular complexity index is 783. The van der Waals surface area contributed by atoms with Gasteiger partial charge in [-0.05, 0) is 28.3 Å². The first-order valence-electron chi connectivity index (χ1n) is 7.16. The van der Waals surface area contributed by atoms with Crippen LogP contribution in [0.5, 0.6) is 0 Å². The predicted octanol–water partition coefficient (Wildman–Crippen LogP) is 4.50. The van der Waals surface area contributed by atoms with E-state index < -0.39 is 0 Å². The molecule has 1 aliphatic heterocycles. The van der Waals surface area contributed by atoms with E-state index >= 15 is 0 Å². The Balaban J connectivity index is 2.04. The van der Waals surface area contributed by atoms with Crippen LogP contribution in [-0.4, -0.2) is 13.6 Å². The average molecular weight is 259 g/mol. The summed E-state index contributed by atoms with van der Waals surface area (Å²) in [6, 6.07) is 21.9. The topological polar surface area (TPSA) is 3.24 Å². The van der Waals surface area contributed by atoms with Gasteiger partial charge in [0.2, 0.25) is 0 Å². The predicted molar refractivity (Wildman–Crippen MR) is 86.4 cm³/mol. The summed E-state index contributed by atoms with van der Waals surface area (Å²) in [6.07, 6.45) is 1.16. The van der Waals surface area contributed by atoms with Crippen molar-refractivity contribution in [3.63, 3.8) is 0 Å². The van der Waals surface area contributed by atoms with Gasteiger partial charge in [0.25, 0.3) is 0 Å². The van der Waals surface area contributed by atoms with Crippen molar-refractivity contribution < 1.29 is 0 Å². The van der Waals surface area contributed by atoms with Crippen LogP contribution in [0.3, 0.4) is 0 Å². The van der Waals surface area contributed by atoms with E-state index in [0.717, 1.165) is 13.0 Å². The molecule has 3 aromatic rings. The second-order valence-corrected chi connectivity index (χ2v) is 5.51. The normalized spacial score (nSPS) is 13.8. The van der Waals surface area contributed by atoms with Crippen LogP contribution in [0.1, 0.15) is 5.56 Å². The van der Waals surface area contributed by atoms with E-state index in [4.69, 9.17) is 0 Å². The molecule has 1 nitrogen and oxygen atoms in total. The Kier molecular flexibility index (Phi) is 2.53. The second-order valence-electron chi connectivity index (χ2n) is 5.51. The van der Waals surface area contributed by atoms with E-state index in [9.17, 15) is 0 Å². The summed E-state index contributed by atoms with van der Waals surface area (Å²) in [5, 5.41) is 2.65. The molecule has 1 aliphatic rings. The van der Waals surface area contributed by atoms with Crippen LogP contribution < -0.4 is 4.90 Å². The van der Waals surface area contributed by atoms with Crippen LogP contribution in [0.25, 0.3) is 21.9 Å². The number of anilines is 1. The molecule has 0 saturated carbocycles. The number of hydrogen-bond donors (Lipinski definition) is 0. The summed E-state index contributed by atoms with van der Waals surface area (Å²) in [5.41, 5.74) is 5.58. The first-order chi connectivity index (χ1) is 9.84. The van der Waals surface area contributed by atoms with Crippen LogP contribution in [0.2, 0.25) is 0 Å². The van der Waals surface area contributed by atoms with Gasteiger partial charge in [0.1, 0.15) is 0 Å². The Morgan fingerprint density at radius 2 is 1.55 bits per heavy atom. The largest absolute Gasteiger partial charge is 0.374 e. The highest BCUT2D eigenvalue weighted by Gasteiger charge is 2.20. The van der Waals surface area contributed by atoms with Crippen molar-refractivity contribution in [2.45, 2.75) is 6.42 Å². The number of rotatable bonds is 1. The first-order valence-corrected chi connectivity index (χ1v) is 7.16. The highest BCUT2D eigenvalue weighted by atomic mass is 15.1. The van der Waals surface area contributed by atoms with Crippen molar-refractivity contribution >= 4 is 16.5 Å². The molecule has 0 aliphatic carbocycles. The molecule has 1 heterocycles. The zero-order chi connectivity index (χ0) is 13.5. The van der Waals surface area contributed by atoms with Gasteiger partial charge >= 0.3 is 0 Å². The number of likely N-dealkylation sites (N-methyl/N-ethyl adjacent to an activating group) is 1.